The van der Waals surface area contributed by atoms with Crippen LogP contribution < -0.4 is 5.32 Å². The maximum atomic E-state index is 12.2. The summed E-state index contributed by atoms with van der Waals surface area (Å²) < 4.78 is 1.68. The first kappa shape index (κ1) is 14.4. The number of aromatic nitrogens is 2. The summed E-state index contributed by atoms with van der Waals surface area (Å²) in [7, 11) is 1.82. The standard InChI is InChI=1S/C13H20N4O3/c1-16-9-10(8-15-16)7-14-13(20)17-5-3-2-4-11(17)6-12(18)19/h8-9,11H,2-7H2,1H3,(H,14,20)(H,18,19). The topological polar surface area (TPSA) is 87.5 Å². The third-order valence-corrected chi connectivity index (χ3v) is 3.50. The van der Waals surface area contributed by atoms with Crippen molar-refractivity contribution in [2.75, 3.05) is 6.54 Å². The van der Waals surface area contributed by atoms with Crippen LogP contribution in [0.4, 0.5) is 4.79 Å². The number of nitrogens with zero attached hydrogens (tertiary/aromatic N) is 3. The lowest BCUT2D eigenvalue weighted by atomic mass is 10.00. The Morgan fingerprint density at radius 2 is 2.30 bits per heavy atom. The molecular formula is C13H20N4O3. The maximum absolute atomic E-state index is 12.2. The Labute approximate surface area is 117 Å². The zero-order valence-corrected chi connectivity index (χ0v) is 11.6. The van der Waals surface area contributed by atoms with Gasteiger partial charge in [-0.3, -0.25) is 9.48 Å². The summed E-state index contributed by atoms with van der Waals surface area (Å²) in [5, 5.41) is 15.8. The molecule has 0 aromatic carbocycles. The van der Waals surface area contributed by atoms with Gasteiger partial charge in [-0.15, -0.1) is 0 Å². The van der Waals surface area contributed by atoms with Gasteiger partial charge in [0.2, 0.25) is 0 Å². The predicted octanol–water partition coefficient (Wildman–Crippen LogP) is 0.959. The summed E-state index contributed by atoms with van der Waals surface area (Å²) in [5.74, 6) is -0.859. The highest BCUT2D eigenvalue weighted by Gasteiger charge is 2.28. The Morgan fingerprint density at radius 3 is 2.95 bits per heavy atom. The number of carboxylic acid groups (broad SMARTS) is 1. The van der Waals surface area contributed by atoms with Gasteiger partial charge in [0.15, 0.2) is 0 Å². The maximum Gasteiger partial charge on any atom is 0.317 e. The second-order valence-corrected chi connectivity index (χ2v) is 5.12. The van der Waals surface area contributed by atoms with Crippen LogP contribution in [0.5, 0.6) is 0 Å². The van der Waals surface area contributed by atoms with E-state index in [2.05, 4.69) is 10.4 Å². The fourth-order valence-corrected chi connectivity index (χ4v) is 2.52. The first-order valence-corrected chi connectivity index (χ1v) is 6.80. The van der Waals surface area contributed by atoms with Crippen LogP contribution in [-0.4, -0.2) is 44.4 Å². The minimum absolute atomic E-state index is 0.0142. The summed E-state index contributed by atoms with van der Waals surface area (Å²) in [6.45, 7) is 1.03. The van der Waals surface area contributed by atoms with Gasteiger partial charge in [0.25, 0.3) is 0 Å². The lowest BCUT2D eigenvalue weighted by molar-refractivity contribution is -0.138. The van der Waals surface area contributed by atoms with Crippen LogP contribution in [0, 0.1) is 0 Å². The number of nitrogens with one attached hydrogen (secondary N) is 1. The normalized spacial score (nSPS) is 18.9. The van der Waals surface area contributed by atoms with Crippen molar-refractivity contribution in [1.82, 2.24) is 20.0 Å². The molecular weight excluding hydrogens is 260 g/mol. The van der Waals surface area contributed by atoms with Crippen molar-refractivity contribution < 1.29 is 14.7 Å². The van der Waals surface area contributed by atoms with Gasteiger partial charge in [-0.25, -0.2) is 4.79 Å². The number of piperidine rings is 1. The average Bonchev–Trinajstić information content (AvgIpc) is 2.82. The Kier molecular flexibility index (Phi) is 4.60. The molecule has 1 aromatic heterocycles. The lowest BCUT2D eigenvalue weighted by Crippen LogP contribution is -2.49. The van der Waals surface area contributed by atoms with E-state index in [1.54, 1.807) is 15.8 Å². The molecule has 7 heteroatoms. The summed E-state index contributed by atoms with van der Waals surface area (Å²) in [5.41, 5.74) is 0.924. The number of hydrogen-bond donors (Lipinski definition) is 2. The number of carboxylic acids is 1. The van der Waals surface area contributed by atoms with Crippen molar-refractivity contribution in [3.8, 4) is 0 Å². The molecule has 0 radical (unpaired) electrons. The molecule has 20 heavy (non-hydrogen) atoms. The molecule has 1 aromatic rings. The van der Waals surface area contributed by atoms with Crippen molar-refractivity contribution in [2.45, 2.75) is 38.3 Å². The second-order valence-electron chi connectivity index (χ2n) is 5.12. The zero-order valence-electron chi connectivity index (χ0n) is 11.6. The Balaban J connectivity index is 1.90. The van der Waals surface area contributed by atoms with E-state index in [-0.39, 0.29) is 18.5 Å². The number of carbonyl (C=O) groups excluding carboxylic acids is 1. The predicted molar refractivity (Wildman–Crippen MR) is 72.0 cm³/mol. The van der Waals surface area contributed by atoms with Gasteiger partial charge < -0.3 is 15.3 Å². The Morgan fingerprint density at radius 1 is 1.50 bits per heavy atom. The van der Waals surface area contributed by atoms with Crippen LogP contribution in [0.3, 0.4) is 0 Å². The van der Waals surface area contributed by atoms with Gasteiger partial charge in [0.1, 0.15) is 0 Å². The average molecular weight is 280 g/mol. The van der Waals surface area contributed by atoms with Crippen LogP contribution in [0.25, 0.3) is 0 Å². The number of likely N-dealkylation sites (tertiary alicyclic amines) is 1. The van der Waals surface area contributed by atoms with Gasteiger partial charge in [0.05, 0.1) is 12.6 Å². The highest BCUT2D eigenvalue weighted by molar-refractivity contribution is 5.76. The third kappa shape index (κ3) is 3.72. The van der Waals surface area contributed by atoms with Crippen LogP contribution in [0.2, 0.25) is 0 Å². The molecule has 0 aliphatic carbocycles. The second kappa shape index (κ2) is 6.40. The minimum Gasteiger partial charge on any atom is -0.481 e. The Bertz CT molecular complexity index is 486. The van der Waals surface area contributed by atoms with Gasteiger partial charge in [-0.2, -0.15) is 5.10 Å². The van der Waals surface area contributed by atoms with Gasteiger partial charge in [-0.05, 0) is 19.3 Å². The molecule has 1 atom stereocenters. The molecule has 1 aliphatic heterocycles. The summed E-state index contributed by atoms with van der Waals surface area (Å²) in [4.78, 5) is 24.7. The van der Waals surface area contributed by atoms with E-state index in [1.165, 1.54) is 0 Å². The van der Waals surface area contributed by atoms with Crippen LogP contribution >= 0.6 is 0 Å². The number of hydrogen-bond acceptors (Lipinski definition) is 3. The molecule has 2 heterocycles. The van der Waals surface area contributed by atoms with E-state index in [1.807, 2.05) is 13.2 Å². The van der Waals surface area contributed by atoms with Crippen molar-refractivity contribution in [3.05, 3.63) is 18.0 Å². The molecule has 1 unspecified atom stereocenters. The molecule has 1 fully saturated rings. The fourth-order valence-electron chi connectivity index (χ4n) is 2.52. The highest BCUT2D eigenvalue weighted by Crippen LogP contribution is 2.19. The van der Waals surface area contributed by atoms with Crippen molar-refractivity contribution >= 4 is 12.0 Å². The third-order valence-electron chi connectivity index (χ3n) is 3.50. The molecule has 2 rings (SSSR count). The summed E-state index contributed by atoms with van der Waals surface area (Å²) in [6.07, 6.45) is 6.21. The molecule has 7 nitrogen and oxygen atoms in total. The summed E-state index contributed by atoms with van der Waals surface area (Å²) >= 11 is 0. The van der Waals surface area contributed by atoms with E-state index < -0.39 is 5.97 Å². The molecule has 1 saturated heterocycles. The SMILES string of the molecule is Cn1cc(CNC(=O)N2CCCCC2CC(=O)O)cn1. The van der Waals surface area contributed by atoms with Crippen LogP contribution in [0.15, 0.2) is 12.4 Å². The molecule has 110 valence electrons. The highest BCUT2D eigenvalue weighted by atomic mass is 16.4. The minimum atomic E-state index is -0.859. The summed E-state index contributed by atoms with van der Waals surface area (Å²) in [6, 6.07) is -0.394. The number of carbonyl (C=O) groups is 2. The lowest BCUT2D eigenvalue weighted by Gasteiger charge is -2.34. The molecule has 0 spiro atoms. The fraction of sp³-hybridized carbons (Fsp3) is 0.615. The number of aliphatic carboxylic acids is 1. The van der Waals surface area contributed by atoms with Crippen LogP contribution in [-0.2, 0) is 18.4 Å². The molecule has 0 saturated carbocycles. The first-order chi connectivity index (χ1) is 9.56. The van der Waals surface area contributed by atoms with Crippen molar-refractivity contribution in [1.29, 1.82) is 0 Å². The number of urea groups is 1. The quantitative estimate of drug-likeness (QED) is 0.860. The molecule has 0 bridgehead atoms. The number of aryl methyl sites for hydroxylation is 1. The van der Waals surface area contributed by atoms with Gasteiger partial charge in [-0.1, -0.05) is 0 Å². The van der Waals surface area contributed by atoms with Gasteiger partial charge in [0, 0.05) is 37.9 Å². The van der Waals surface area contributed by atoms with E-state index in [0.29, 0.717) is 13.1 Å². The van der Waals surface area contributed by atoms with Crippen molar-refractivity contribution in [2.24, 2.45) is 7.05 Å². The largest absolute Gasteiger partial charge is 0.481 e. The Hall–Kier alpha value is -2.05. The number of rotatable bonds is 4. The number of amides is 2. The van der Waals surface area contributed by atoms with E-state index >= 15 is 0 Å². The van der Waals surface area contributed by atoms with Crippen LogP contribution in [0.1, 0.15) is 31.2 Å². The first-order valence-electron chi connectivity index (χ1n) is 6.80. The monoisotopic (exact) mass is 280 g/mol. The van der Waals surface area contributed by atoms with E-state index in [0.717, 1.165) is 24.8 Å². The molecule has 2 N–H and O–H groups in total. The van der Waals surface area contributed by atoms with Gasteiger partial charge >= 0.3 is 12.0 Å². The smallest absolute Gasteiger partial charge is 0.317 e. The molecule has 1 aliphatic rings. The van der Waals surface area contributed by atoms with E-state index in [4.69, 9.17) is 5.11 Å². The van der Waals surface area contributed by atoms with Crippen molar-refractivity contribution in [3.63, 3.8) is 0 Å². The molecule has 2 amide bonds. The van der Waals surface area contributed by atoms with E-state index in [9.17, 15) is 9.59 Å². The zero-order chi connectivity index (χ0) is 14.5.